The van der Waals surface area contributed by atoms with Crippen molar-refractivity contribution in [3.05, 3.63) is 147 Å². The summed E-state index contributed by atoms with van der Waals surface area (Å²) in [7, 11) is 0. The number of amides is 1. The van der Waals surface area contributed by atoms with Gasteiger partial charge in [-0.1, -0.05) is 46.5 Å². The summed E-state index contributed by atoms with van der Waals surface area (Å²) < 4.78 is 22.0. The number of ether oxygens (including phenoxy) is 3. The van der Waals surface area contributed by atoms with Crippen molar-refractivity contribution in [2.45, 2.75) is 182 Å². The zero-order valence-corrected chi connectivity index (χ0v) is 68.4. The monoisotopic (exact) mass is 1630 g/mol. The van der Waals surface area contributed by atoms with Gasteiger partial charge in [0.1, 0.15) is 22.1 Å². The number of carbonyl (C=O) groups excluding carboxylic acids is 9. The van der Waals surface area contributed by atoms with Crippen LogP contribution in [0.5, 0.6) is 0 Å². The summed E-state index contributed by atoms with van der Waals surface area (Å²) in [5.41, 5.74) is 2.10. The second-order valence-corrected chi connectivity index (χ2v) is 30.8. The fourth-order valence-electron chi connectivity index (χ4n) is 15.1. The van der Waals surface area contributed by atoms with E-state index in [4.69, 9.17) is 41.0 Å². The number of aryl methyl sites for hydroxylation is 2. The number of ketones is 6. The van der Waals surface area contributed by atoms with E-state index in [1.165, 1.54) is 6.92 Å². The first-order valence-corrected chi connectivity index (χ1v) is 39.8. The van der Waals surface area contributed by atoms with Crippen molar-refractivity contribution in [1.29, 1.82) is 5.26 Å². The Labute approximate surface area is 682 Å². The molecule has 4 aliphatic rings. The molecular formula is C85H102ClN11O20. The van der Waals surface area contributed by atoms with E-state index in [1.54, 1.807) is 61.1 Å². The van der Waals surface area contributed by atoms with Crippen LogP contribution in [-0.4, -0.2) is 220 Å². The average molecular weight is 1630 g/mol. The van der Waals surface area contributed by atoms with E-state index < -0.39 is 68.5 Å². The van der Waals surface area contributed by atoms with E-state index in [0.29, 0.717) is 168 Å². The summed E-state index contributed by atoms with van der Waals surface area (Å²) in [6, 6.07) is 27.4. The molecule has 4 fully saturated rings. The first kappa shape index (κ1) is 90.2. The third kappa shape index (κ3) is 22.5. The number of nitro groups is 1. The molecule has 117 heavy (non-hydrogen) atoms. The minimum absolute atomic E-state index is 0.0190. The predicted octanol–water partition coefficient (Wildman–Crippen LogP) is 13.5. The van der Waals surface area contributed by atoms with Gasteiger partial charge in [0, 0.05) is 175 Å². The third-order valence-corrected chi connectivity index (χ3v) is 22.0. The van der Waals surface area contributed by atoms with Crippen molar-refractivity contribution >= 4 is 120 Å². The van der Waals surface area contributed by atoms with Gasteiger partial charge in [-0.3, -0.25) is 63.2 Å². The first-order chi connectivity index (χ1) is 55.8. The molecule has 0 bridgehead atoms. The third-order valence-electron chi connectivity index (χ3n) is 21.9. The van der Waals surface area contributed by atoms with E-state index in [2.05, 4.69) is 39.8 Å². The average Bonchev–Trinajstić information content (AvgIpc) is 1.64. The lowest BCUT2D eigenvalue weighted by molar-refractivity contribution is -0.396. The number of aliphatic hydroxyl groups excluding tert-OH is 1. The molecular weight excluding hydrogens is 1530 g/mol. The van der Waals surface area contributed by atoms with Crippen LogP contribution in [0.15, 0.2) is 119 Å². The number of Topliss-reactive ketones (excluding diaryl/α,β-unsaturated/α-hetero) is 6. The number of benzene rings is 4. The van der Waals surface area contributed by atoms with Crippen LogP contribution in [0, 0.1) is 27.4 Å². The van der Waals surface area contributed by atoms with Crippen LogP contribution < -0.4 is 0 Å². The smallest absolute Gasteiger partial charge is 0.481 e. The maximum Gasteiger partial charge on any atom is 0.683 e. The molecule has 0 spiro atoms. The predicted molar refractivity (Wildman–Crippen MR) is 437 cm³/mol. The molecule has 7 aromatic rings. The number of aliphatic carboxylic acids is 1. The van der Waals surface area contributed by atoms with E-state index >= 15 is 0 Å². The summed E-state index contributed by atoms with van der Waals surface area (Å²) >= 11 is 5.35. The molecule has 2 unspecified atom stereocenters. The summed E-state index contributed by atoms with van der Waals surface area (Å²) in [5, 5.41) is 51.8. The lowest BCUT2D eigenvalue weighted by atomic mass is 9.82. The van der Waals surface area contributed by atoms with Crippen LogP contribution in [-0.2, 0) is 51.4 Å². The second-order valence-electron chi connectivity index (χ2n) is 30.5. The molecule has 1 saturated carbocycles. The fraction of sp³-hybridized carbons (Fsp3) is 0.482. The molecule has 624 valence electrons. The molecule has 32 heteroatoms. The quantitative estimate of drug-likeness (QED) is 0.00752. The largest absolute Gasteiger partial charge is 0.683 e. The number of aromatic nitrogens is 3. The number of hydrogen-bond donors (Lipinski definition) is 2. The number of halogens is 1. The Balaban J connectivity index is 0.000000201. The molecule has 11 rings (SSSR count). The SMILES string of the molecule is CC(=O)O/N=C(\CCCCC(=O)O)C(=O)c1cn(-c2ccc(C(=O)C(C)(C)N3CCOCC3)cc2)c2ccccc12.CCn1cc(C(=O)/C(CC2CCCCC2O)=N/OC(=O)Cl)c2cc(C(=O)C(C)(C)N3CCOCC3)ccc21.CCn1cc(C(=O)/C(CCCCC#N)=N/OC(=O)[N+](=O)[O-])c2cc(C(=O)C(C)(C)N3CCOCC3)ccc21. The zero-order chi connectivity index (χ0) is 84.9. The van der Waals surface area contributed by atoms with Gasteiger partial charge < -0.3 is 47.8 Å². The van der Waals surface area contributed by atoms with Crippen molar-refractivity contribution < 1.29 is 91.8 Å². The number of nitrogens with zero attached hydrogens (tertiary/aromatic N) is 11. The number of hydrogen-bond acceptors (Lipinski definition) is 26. The van der Waals surface area contributed by atoms with Gasteiger partial charge >= 0.3 is 23.5 Å². The Kier molecular flexibility index (Phi) is 31.9. The van der Waals surface area contributed by atoms with Crippen LogP contribution in [0.2, 0.25) is 0 Å². The normalized spacial score (nSPS) is 16.9. The number of carbonyl (C=O) groups is 10. The number of nitriles is 1. The molecule has 1 amide bonds. The Morgan fingerprint density at radius 2 is 0.983 bits per heavy atom. The number of carboxylic acids is 1. The van der Waals surface area contributed by atoms with Crippen molar-refractivity contribution in [3.8, 4) is 11.8 Å². The maximum atomic E-state index is 13.8. The van der Waals surface area contributed by atoms with Gasteiger partial charge in [-0.05, 0) is 179 Å². The topological polar surface area (TPSA) is 395 Å². The molecule has 0 radical (unpaired) electrons. The van der Waals surface area contributed by atoms with Crippen LogP contribution in [0.25, 0.3) is 38.4 Å². The summed E-state index contributed by atoms with van der Waals surface area (Å²) in [4.78, 5) is 156. The Morgan fingerprint density at radius 3 is 1.44 bits per heavy atom. The van der Waals surface area contributed by atoms with Gasteiger partial charge in [0.15, 0.2) is 17.3 Å². The molecule has 31 nitrogen and oxygen atoms in total. The second kappa shape index (κ2) is 41.4. The van der Waals surface area contributed by atoms with Crippen LogP contribution in [0.4, 0.5) is 9.59 Å². The Hall–Kier alpha value is -10.7. The van der Waals surface area contributed by atoms with Crippen LogP contribution in [0.3, 0.4) is 0 Å². The molecule has 6 heterocycles. The van der Waals surface area contributed by atoms with E-state index in [-0.39, 0.29) is 78.1 Å². The van der Waals surface area contributed by atoms with Gasteiger partial charge in [0.05, 0.1) is 73.9 Å². The number of oxime groups is 3. The number of rotatable bonds is 32. The number of para-hydroxylation sites is 1. The number of carboxylic acid groups (broad SMARTS) is 1. The number of fused-ring (bicyclic) bond motifs is 3. The van der Waals surface area contributed by atoms with Crippen molar-refractivity contribution in [1.82, 2.24) is 28.4 Å². The highest BCUT2D eigenvalue weighted by molar-refractivity contribution is 6.61. The lowest BCUT2D eigenvalue weighted by Gasteiger charge is -2.39. The Morgan fingerprint density at radius 1 is 0.556 bits per heavy atom. The summed E-state index contributed by atoms with van der Waals surface area (Å²) in [6.45, 7) is 25.1. The highest BCUT2D eigenvalue weighted by Crippen LogP contribution is 2.35. The van der Waals surface area contributed by atoms with Gasteiger partial charge in [-0.2, -0.15) is 10.1 Å². The molecule has 1 aliphatic carbocycles. The van der Waals surface area contributed by atoms with Crippen LogP contribution in [0.1, 0.15) is 208 Å². The molecule has 2 N–H and O–H groups in total. The number of unbranched alkanes of at least 4 members (excludes halogenated alkanes) is 3. The summed E-state index contributed by atoms with van der Waals surface area (Å²) in [6.07, 6.45) is 8.20. The Bertz CT molecular complexity index is 4970. The lowest BCUT2D eigenvalue weighted by Crippen LogP contribution is -2.54. The zero-order valence-electron chi connectivity index (χ0n) is 67.6. The standard InChI is InChI=1S/C31H35N3O7.C28H36ClN3O6.C26H31N5O7/c1-21(35)41-32-26(9-5-7-11-28(36)37)29(38)25-20-34(27-10-6-4-8-24(25)27)23-14-12-22(13-15-23)30(39)31(2,3)33-16-18-40-19-17-33;1-4-31-17-21(25(34)22(30-38-27(29)36)16-18-7-5-6-8-24(18)33)20-15-19(9-10-23(20)31)26(35)28(2,3)32-11-13-37-14-12-32;1-4-29-17-20(23(32)21(8-6-5-7-11-27)28-38-25(34)31(35)36)19-16-18(9-10-22(19)29)24(33)26(2,3)30-12-14-37-15-13-30/h4,6,8,10,12-15,20H,5,7,9,11,16-19H2,1-3H3,(H,36,37);9-10,15,17-18,24,33H,4-8,11-14,16H2,1-3H3;9-10,16-17H,4-8,12-15H2,1-3H3/b32-26+;30-22+;28-21+. The van der Waals surface area contributed by atoms with Gasteiger partial charge in [-0.25, -0.2) is 9.59 Å². The molecule has 3 saturated heterocycles. The minimum Gasteiger partial charge on any atom is -0.481 e. The fourth-order valence-corrected chi connectivity index (χ4v) is 15.1. The van der Waals surface area contributed by atoms with Gasteiger partial charge in [0.2, 0.25) is 17.3 Å². The van der Waals surface area contributed by atoms with Crippen LogP contribution >= 0.6 is 11.6 Å². The minimum atomic E-state index is -1.80. The van der Waals surface area contributed by atoms with E-state index in [1.807, 2.05) is 118 Å². The van der Waals surface area contributed by atoms with Gasteiger partial charge in [0.25, 0.3) is 0 Å². The van der Waals surface area contributed by atoms with Crippen molar-refractivity contribution in [2.75, 3.05) is 78.9 Å². The molecule has 4 aromatic carbocycles. The number of aliphatic hydroxyl groups is 1. The molecule has 3 aliphatic heterocycles. The molecule has 2 atom stereocenters. The molecule has 3 aromatic heterocycles. The first-order valence-electron chi connectivity index (χ1n) is 39.4. The maximum absolute atomic E-state index is 13.8. The van der Waals surface area contributed by atoms with Gasteiger partial charge in [-0.15, -0.1) is 0 Å². The highest BCUT2D eigenvalue weighted by Gasteiger charge is 2.40. The summed E-state index contributed by atoms with van der Waals surface area (Å²) in [5.74, 6) is -3.28. The number of morpholine rings is 3. The van der Waals surface area contributed by atoms with E-state index in [0.717, 1.165) is 41.5 Å². The highest BCUT2D eigenvalue weighted by atomic mass is 35.5. The van der Waals surface area contributed by atoms with Crippen molar-refractivity contribution in [3.63, 3.8) is 0 Å². The van der Waals surface area contributed by atoms with E-state index in [9.17, 15) is 63.2 Å². The van der Waals surface area contributed by atoms with Crippen molar-refractivity contribution in [2.24, 2.45) is 21.4 Å².